The largest absolute Gasteiger partial charge is 0.497 e. The Morgan fingerprint density at radius 1 is 1.06 bits per heavy atom. The highest BCUT2D eigenvalue weighted by atomic mass is 16.5. The van der Waals surface area contributed by atoms with Gasteiger partial charge in [-0.3, -0.25) is 14.9 Å². The second-order valence-electron chi connectivity index (χ2n) is 8.37. The number of amides is 1. The first-order chi connectivity index (χ1) is 15.6. The lowest BCUT2D eigenvalue weighted by Crippen LogP contribution is -2.34. The molecule has 0 atom stereocenters. The first-order valence-corrected chi connectivity index (χ1v) is 11.1. The fraction of sp³-hybridized carbons (Fsp3) is 0.400. The van der Waals surface area contributed by atoms with Crippen LogP contribution in [0.4, 0.5) is 0 Å². The van der Waals surface area contributed by atoms with Gasteiger partial charge in [0.1, 0.15) is 11.5 Å². The smallest absolute Gasteiger partial charge is 0.257 e. The van der Waals surface area contributed by atoms with Crippen LogP contribution in [0.5, 0.6) is 11.5 Å². The molecule has 0 unspecified atom stereocenters. The fourth-order valence-electron chi connectivity index (χ4n) is 4.38. The van der Waals surface area contributed by atoms with Gasteiger partial charge in [-0.05, 0) is 80.0 Å². The van der Waals surface area contributed by atoms with Crippen molar-refractivity contribution in [2.45, 2.75) is 38.5 Å². The number of aryl methyl sites for hydroxylation is 1. The Hall–Kier alpha value is -3.35. The van der Waals surface area contributed by atoms with Crippen molar-refractivity contribution in [1.29, 1.82) is 0 Å². The average Bonchev–Trinajstić information content (AvgIpc) is 3.32. The zero-order valence-electron chi connectivity index (χ0n) is 18.6. The summed E-state index contributed by atoms with van der Waals surface area (Å²) >= 11 is 0. The maximum Gasteiger partial charge on any atom is 0.257 e. The van der Waals surface area contributed by atoms with E-state index >= 15 is 0 Å². The highest BCUT2D eigenvalue weighted by Gasteiger charge is 2.26. The quantitative estimate of drug-likeness (QED) is 0.553. The van der Waals surface area contributed by atoms with Crippen LogP contribution in [0.1, 0.15) is 42.9 Å². The lowest BCUT2D eigenvalue weighted by molar-refractivity contribution is -0.123. The van der Waals surface area contributed by atoms with Gasteiger partial charge < -0.3 is 14.8 Å². The molecule has 7 nitrogen and oxygen atoms in total. The Balaban J connectivity index is 1.23. The number of carbonyl (C=O) groups is 1. The first kappa shape index (κ1) is 21.9. The molecule has 2 aromatic heterocycles. The Morgan fingerprint density at radius 2 is 1.81 bits per heavy atom. The molecule has 0 saturated heterocycles. The number of aromatic amines is 1. The minimum atomic E-state index is -0.0908. The normalized spacial score (nSPS) is 18.2. The van der Waals surface area contributed by atoms with Gasteiger partial charge >= 0.3 is 0 Å². The van der Waals surface area contributed by atoms with Crippen LogP contribution >= 0.6 is 0 Å². The van der Waals surface area contributed by atoms with Gasteiger partial charge in [0.25, 0.3) is 5.91 Å². The summed E-state index contributed by atoms with van der Waals surface area (Å²) in [5.74, 6) is 2.28. The van der Waals surface area contributed by atoms with Gasteiger partial charge in [-0.1, -0.05) is 0 Å². The van der Waals surface area contributed by atoms with E-state index in [1.54, 1.807) is 19.2 Å². The van der Waals surface area contributed by atoms with Crippen LogP contribution in [-0.4, -0.2) is 41.3 Å². The molecule has 32 heavy (non-hydrogen) atoms. The van der Waals surface area contributed by atoms with Crippen LogP contribution in [0, 0.1) is 12.8 Å². The zero-order chi connectivity index (χ0) is 22.3. The molecule has 1 aliphatic carbocycles. The van der Waals surface area contributed by atoms with Gasteiger partial charge in [0.05, 0.1) is 13.3 Å². The molecule has 2 heterocycles. The number of carbonyl (C=O) groups excluding carboxylic acids is 1. The Labute approximate surface area is 188 Å². The topological polar surface area (TPSA) is 89.1 Å². The maximum absolute atomic E-state index is 12.2. The standard InChI is InChI=1S/C25H30N4O3/c1-17-13-26-12-11-22(17)23-15-28-29-25(23)19-5-3-18(4-6-19)14-27-24(30)16-32-21-9-7-20(31-2)8-10-21/h7-13,15,18-19H,3-6,14,16H2,1-2H3,(H,27,30)(H,28,29). The van der Waals surface area contributed by atoms with Crippen molar-refractivity contribution in [1.82, 2.24) is 20.5 Å². The van der Waals surface area contributed by atoms with E-state index in [0.717, 1.165) is 37.0 Å². The minimum Gasteiger partial charge on any atom is -0.497 e. The fourth-order valence-corrected chi connectivity index (χ4v) is 4.38. The van der Waals surface area contributed by atoms with Gasteiger partial charge in [-0.2, -0.15) is 5.10 Å². The van der Waals surface area contributed by atoms with E-state index in [4.69, 9.17) is 9.47 Å². The molecule has 1 saturated carbocycles. The molecule has 168 valence electrons. The monoisotopic (exact) mass is 434 g/mol. The molecule has 0 bridgehead atoms. The molecule has 1 amide bonds. The van der Waals surface area contributed by atoms with Crippen LogP contribution in [0.2, 0.25) is 0 Å². The highest BCUT2D eigenvalue weighted by molar-refractivity contribution is 5.77. The van der Waals surface area contributed by atoms with Gasteiger partial charge in [0.15, 0.2) is 6.61 Å². The lowest BCUT2D eigenvalue weighted by Gasteiger charge is -2.28. The van der Waals surface area contributed by atoms with E-state index in [-0.39, 0.29) is 12.5 Å². The van der Waals surface area contributed by atoms with E-state index in [2.05, 4.69) is 33.5 Å². The second-order valence-corrected chi connectivity index (χ2v) is 8.37. The van der Waals surface area contributed by atoms with E-state index in [0.29, 0.717) is 24.1 Å². The van der Waals surface area contributed by atoms with Crippen molar-refractivity contribution in [3.63, 3.8) is 0 Å². The molecule has 0 radical (unpaired) electrons. The van der Waals surface area contributed by atoms with Gasteiger partial charge in [-0.15, -0.1) is 0 Å². The van der Waals surface area contributed by atoms with Gasteiger partial charge in [0, 0.05) is 36.1 Å². The summed E-state index contributed by atoms with van der Waals surface area (Å²) in [5.41, 5.74) is 4.74. The van der Waals surface area contributed by atoms with Crippen molar-refractivity contribution >= 4 is 5.91 Å². The maximum atomic E-state index is 12.2. The lowest BCUT2D eigenvalue weighted by atomic mass is 9.79. The van der Waals surface area contributed by atoms with E-state index in [1.165, 1.54) is 16.8 Å². The van der Waals surface area contributed by atoms with Gasteiger partial charge in [0.2, 0.25) is 0 Å². The summed E-state index contributed by atoms with van der Waals surface area (Å²) in [6, 6.07) is 9.27. The number of ether oxygens (including phenoxy) is 2. The number of H-pyrrole nitrogens is 1. The Bertz CT molecular complexity index is 1020. The third-order valence-corrected chi connectivity index (χ3v) is 6.25. The van der Waals surface area contributed by atoms with Crippen molar-refractivity contribution in [2.24, 2.45) is 5.92 Å². The van der Waals surface area contributed by atoms with Crippen LogP contribution in [0.15, 0.2) is 48.9 Å². The number of hydrogen-bond donors (Lipinski definition) is 2. The molecule has 4 rings (SSSR count). The molecule has 3 aromatic rings. The molecular formula is C25H30N4O3. The molecule has 1 aliphatic rings. The van der Waals surface area contributed by atoms with Crippen molar-refractivity contribution in [3.8, 4) is 22.6 Å². The van der Waals surface area contributed by atoms with Crippen LogP contribution in [0.25, 0.3) is 11.1 Å². The summed E-state index contributed by atoms with van der Waals surface area (Å²) in [4.78, 5) is 16.4. The predicted molar refractivity (Wildman–Crippen MR) is 123 cm³/mol. The number of pyridine rings is 1. The number of methoxy groups -OCH3 is 1. The van der Waals surface area contributed by atoms with Crippen LogP contribution in [-0.2, 0) is 4.79 Å². The SMILES string of the molecule is COc1ccc(OCC(=O)NCC2CCC(c3[nH]ncc3-c3ccncc3C)CC2)cc1. The Morgan fingerprint density at radius 3 is 2.53 bits per heavy atom. The minimum absolute atomic E-state index is 0.0183. The summed E-state index contributed by atoms with van der Waals surface area (Å²) in [7, 11) is 1.62. The molecule has 0 spiro atoms. The molecule has 0 aliphatic heterocycles. The molecule has 1 aromatic carbocycles. The third kappa shape index (κ3) is 5.28. The second kappa shape index (κ2) is 10.3. The summed E-state index contributed by atoms with van der Waals surface area (Å²) < 4.78 is 10.7. The first-order valence-electron chi connectivity index (χ1n) is 11.1. The number of nitrogens with zero attached hydrogens (tertiary/aromatic N) is 2. The van der Waals surface area contributed by atoms with E-state index in [9.17, 15) is 4.79 Å². The number of hydrogen-bond acceptors (Lipinski definition) is 5. The molecule has 7 heteroatoms. The third-order valence-electron chi connectivity index (χ3n) is 6.25. The molecule has 1 fully saturated rings. The van der Waals surface area contributed by atoms with E-state index in [1.807, 2.05) is 30.7 Å². The average molecular weight is 435 g/mol. The van der Waals surface area contributed by atoms with Crippen molar-refractivity contribution < 1.29 is 14.3 Å². The molecule has 2 N–H and O–H groups in total. The van der Waals surface area contributed by atoms with Gasteiger partial charge in [-0.25, -0.2) is 0 Å². The zero-order valence-corrected chi connectivity index (χ0v) is 18.6. The summed E-state index contributed by atoms with van der Waals surface area (Å²) in [5, 5.41) is 10.6. The van der Waals surface area contributed by atoms with Crippen molar-refractivity contribution in [3.05, 3.63) is 60.2 Å². The summed E-state index contributed by atoms with van der Waals surface area (Å²) in [6.07, 6.45) is 9.98. The number of benzene rings is 1. The highest BCUT2D eigenvalue weighted by Crippen LogP contribution is 2.39. The van der Waals surface area contributed by atoms with E-state index < -0.39 is 0 Å². The number of aromatic nitrogens is 3. The predicted octanol–water partition coefficient (Wildman–Crippen LogP) is 4.26. The summed E-state index contributed by atoms with van der Waals surface area (Å²) in [6.45, 7) is 2.79. The molecular weight excluding hydrogens is 404 g/mol. The van der Waals surface area contributed by atoms with Crippen LogP contribution in [0.3, 0.4) is 0 Å². The van der Waals surface area contributed by atoms with Crippen molar-refractivity contribution in [2.75, 3.05) is 20.3 Å². The van der Waals surface area contributed by atoms with Crippen LogP contribution < -0.4 is 14.8 Å². The number of nitrogens with one attached hydrogen (secondary N) is 2. The Kier molecular flexibility index (Phi) is 7.04. The number of rotatable bonds is 8.